The molecule has 0 fully saturated rings. The number of carbonyl (C=O) groups excluding carboxylic acids is 1. The number of aryl methyl sites for hydroxylation is 1. The van der Waals surface area contributed by atoms with Gasteiger partial charge in [0.05, 0.1) is 13.2 Å². The second-order valence-electron chi connectivity index (χ2n) is 7.81. The van der Waals surface area contributed by atoms with Gasteiger partial charge < -0.3 is 9.64 Å². The largest absolute Gasteiger partial charge is 0.495 e. The molecule has 168 valence electrons. The number of amides is 1. The Balaban J connectivity index is 1.67. The van der Waals surface area contributed by atoms with Gasteiger partial charge in [0.1, 0.15) is 10.6 Å². The van der Waals surface area contributed by atoms with E-state index in [4.69, 9.17) is 4.74 Å². The van der Waals surface area contributed by atoms with E-state index in [2.05, 4.69) is 23.1 Å². The molecular weight excluding hydrogens is 444 g/mol. The third-order valence-corrected chi connectivity index (χ3v) is 8.15. The first kappa shape index (κ1) is 22.4. The number of ether oxygens (including phenoxy) is 1. The molecule has 1 aromatic heterocycles. The summed E-state index contributed by atoms with van der Waals surface area (Å²) in [5, 5.41) is 2.07. The molecule has 0 spiro atoms. The summed E-state index contributed by atoms with van der Waals surface area (Å²) in [4.78, 5) is 16.6. The lowest BCUT2D eigenvalue weighted by molar-refractivity contribution is 0.0657. The number of nitrogens with one attached hydrogen (secondary N) is 1. The topological polar surface area (TPSA) is 75.7 Å². The van der Waals surface area contributed by atoms with Crippen molar-refractivity contribution >= 4 is 33.0 Å². The molecule has 0 radical (unpaired) electrons. The highest BCUT2D eigenvalue weighted by Crippen LogP contribution is 2.36. The average Bonchev–Trinajstić information content (AvgIpc) is 3.28. The lowest BCUT2D eigenvalue weighted by atomic mass is 9.97. The summed E-state index contributed by atoms with van der Waals surface area (Å²) in [6.45, 7) is 4.60. The molecule has 2 heterocycles. The van der Waals surface area contributed by atoms with Crippen LogP contribution in [0.25, 0.3) is 0 Å². The van der Waals surface area contributed by atoms with Gasteiger partial charge in [-0.3, -0.25) is 9.52 Å². The van der Waals surface area contributed by atoms with Crippen LogP contribution in [0.2, 0.25) is 0 Å². The molecule has 1 aliphatic heterocycles. The highest BCUT2D eigenvalue weighted by Gasteiger charge is 2.32. The van der Waals surface area contributed by atoms with Gasteiger partial charge in [-0.2, -0.15) is 0 Å². The van der Waals surface area contributed by atoms with Crippen molar-refractivity contribution in [2.75, 3.05) is 18.4 Å². The molecule has 0 saturated heterocycles. The normalized spacial score (nSPS) is 15.8. The van der Waals surface area contributed by atoms with E-state index in [1.54, 1.807) is 29.5 Å². The SMILES string of the molecule is CC[C@@H]1c2ccsc2CCN1C(=O)c1ccc(OC)c(S(=O)(=O)Nc2ccc(C)cc2)c1. The number of hydrogen-bond donors (Lipinski definition) is 1. The van der Waals surface area contributed by atoms with Crippen LogP contribution in [0.3, 0.4) is 0 Å². The Kier molecular flexibility index (Phi) is 6.26. The van der Waals surface area contributed by atoms with E-state index in [-0.39, 0.29) is 22.6 Å². The molecule has 3 aromatic rings. The minimum absolute atomic E-state index is 0.00894. The third kappa shape index (κ3) is 4.25. The van der Waals surface area contributed by atoms with Crippen molar-refractivity contribution in [1.82, 2.24) is 4.90 Å². The fourth-order valence-corrected chi connectivity index (χ4v) is 6.28. The molecule has 6 nitrogen and oxygen atoms in total. The van der Waals surface area contributed by atoms with Gasteiger partial charge in [0.2, 0.25) is 0 Å². The average molecular weight is 471 g/mol. The number of carbonyl (C=O) groups is 1. The van der Waals surface area contributed by atoms with Crippen molar-refractivity contribution < 1.29 is 17.9 Å². The Morgan fingerprint density at radius 3 is 2.62 bits per heavy atom. The van der Waals surface area contributed by atoms with Crippen molar-refractivity contribution in [1.29, 1.82) is 0 Å². The van der Waals surface area contributed by atoms with Crippen LogP contribution in [0.4, 0.5) is 5.69 Å². The van der Waals surface area contributed by atoms with E-state index in [0.29, 0.717) is 17.8 Å². The van der Waals surface area contributed by atoms with Crippen LogP contribution in [0.1, 0.15) is 45.7 Å². The molecule has 1 aliphatic rings. The lowest BCUT2D eigenvalue weighted by Crippen LogP contribution is -2.39. The van der Waals surface area contributed by atoms with Gasteiger partial charge in [-0.15, -0.1) is 11.3 Å². The van der Waals surface area contributed by atoms with Crippen LogP contribution in [-0.2, 0) is 16.4 Å². The number of thiophene rings is 1. The molecule has 2 aromatic carbocycles. The predicted octanol–water partition coefficient (Wildman–Crippen LogP) is 5.02. The fraction of sp³-hybridized carbons (Fsp3) is 0.292. The molecular formula is C24H26N2O4S2. The number of benzene rings is 2. The zero-order valence-electron chi connectivity index (χ0n) is 18.3. The smallest absolute Gasteiger partial charge is 0.265 e. The maximum atomic E-state index is 13.4. The molecule has 0 unspecified atom stereocenters. The molecule has 1 atom stereocenters. The Morgan fingerprint density at radius 1 is 1.19 bits per heavy atom. The highest BCUT2D eigenvalue weighted by molar-refractivity contribution is 7.92. The second-order valence-corrected chi connectivity index (χ2v) is 10.5. The van der Waals surface area contributed by atoms with Crippen molar-refractivity contribution in [3.8, 4) is 5.75 Å². The van der Waals surface area contributed by atoms with Crippen LogP contribution in [-0.4, -0.2) is 32.9 Å². The Labute approximate surface area is 192 Å². The number of methoxy groups -OCH3 is 1. The highest BCUT2D eigenvalue weighted by atomic mass is 32.2. The monoisotopic (exact) mass is 470 g/mol. The molecule has 8 heteroatoms. The van der Waals surface area contributed by atoms with Crippen molar-refractivity contribution in [3.63, 3.8) is 0 Å². The molecule has 1 N–H and O–H groups in total. The summed E-state index contributed by atoms with van der Waals surface area (Å²) >= 11 is 1.72. The van der Waals surface area contributed by atoms with Crippen molar-refractivity contribution in [2.45, 2.75) is 37.6 Å². The maximum Gasteiger partial charge on any atom is 0.265 e. The Morgan fingerprint density at radius 2 is 1.94 bits per heavy atom. The van der Waals surface area contributed by atoms with Gasteiger partial charge in [-0.25, -0.2) is 8.42 Å². The minimum Gasteiger partial charge on any atom is -0.495 e. The van der Waals surface area contributed by atoms with Crippen LogP contribution in [0, 0.1) is 6.92 Å². The van der Waals surface area contributed by atoms with Gasteiger partial charge >= 0.3 is 0 Å². The molecule has 0 saturated carbocycles. The van der Waals surface area contributed by atoms with Crippen LogP contribution in [0.5, 0.6) is 5.75 Å². The first-order valence-electron chi connectivity index (χ1n) is 10.5. The Bertz CT molecular complexity index is 1230. The van der Waals surface area contributed by atoms with E-state index in [1.807, 2.05) is 24.0 Å². The summed E-state index contributed by atoms with van der Waals surface area (Å²) in [5.74, 6) is 0.00936. The number of anilines is 1. The maximum absolute atomic E-state index is 13.4. The van der Waals surface area contributed by atoms with Gasteiger partial charge in [0, 0.05) is 22.7 Å². The third-order valence-electron chi connectivity index (χ3n) is 5.75. The molecule has 32 heavy (non-hydrogen) atoms. The number of nitrogens with zero attached hydrogens (tertiary/aromatic N) is 1. The fourth-order valence-electron chi connectivity index (χ4n) is 4.10. The summed E-state index contributed by atoms with van der Waals surface area (Å²) in [5.41, 5.74) is 2.99. The standard InChI is InChI=1S/C24H26N2O4S2/c1-4-20-19-12-14-31-22(19)11-13-26(20)24(27)17-7-10-21(30-3)23(15-17)32(28,29)25-18-8-5-16(2)6-9-18/h5-10,12,14-15,20,25H,4,11,13H2,1-3H3/t20-/m1/s1. The van der Waals surface area contributed by atoms with Crippen molar-refractivity contribution in [2.24, 2.45) is 0 Å². The summed E-state index contributed by atoms with van der Waals surface area (Å²) in [6.07, 6.45) is 1.61. The van der Waals surface area contributed by atoms with Gasteiger partial charge in [0.15, 0.2) is 0 Å². The molecule has 0 bridgehead atoms. The summed E-state index contributed by atoms with van der Waals surface area (Å²) < 4.78 is 34.2. The van der Waals surface area contributed by atoms with Gasteiger partial charge in [0.25, 0.3) is 15.9 Å². The number of rotatable bonds is 6. The zero-order chi connectivity index (χ0) is 22.9. The van der Waals surface area contributed by atoms with Crippen LogP contribution >= 0.6 is 11.3 Å². The number of sulfonamides is 1. The molecule has 0 aliphatic carbocycles. The van der Waals surface area contributed by atoms with E-state index in [9.17, 15) is 13.2 Å². The number of hydrogen-bond acceptors (Lipinski definition) is 5. The van der Waals surface area contributed by atoms with Crippen LogP contribution < -0.4 is 9.46 Å². The zero-order valence-corrected chi connectivity index (χ0v) is 19.9. The van der Waals surface area contributed by atoms with E-state index in [0.717, 1.165) is 18.4 Å². The molecule has 4 rings (SSSR count). The summed E-state index contributed by atoms with van der Waals surface area (Å²) in [6, 6.07) is 13.7. The van der Waals surface area contributed by atoms with Crippen molar-refractivity contribution in [3.05, 3.63) is 75.5 Å². The first-order chi connectivity index (χ1) is 15.3. The van der Waals surface area contributed by atoms with Gasteiger partial charge in [-0.05, 0) is 67.1 Å². The summed E-state index contributed by atoms with van der Waals surface area (Å²) in [7, 11) is -2.54. The van der Waals surface area contributed by atoms with Gasteiger partial charge in [-0.1, -0.05) is 24.6 Å². The van der Waals surface area contributed by atoms with Crippen LogP contribution in [0.15, 0.2) is 58.8 Å². The quantitative estimate of drug-likeness (QED) is 0.549. The van der Waals surface area contributed by atoms with E-state index < -0.39 is 10.0 Å². The lowest BCUT2D eigenvalue weighted by Gasteiger charge is -2.35. The first-order valence-corrected chi connectivity index (χ1v) is 12.8. The minimum atomic E-state index is -3.96. The van der Waals surface area contributed by atoms with E-state index in [1.165, 1.54) is 29.7 Å². The van der Waals surface area contributed by atoms with E-state index >= 15 is 0 Å². The predicted molar refractivity (Wildman–Crippen MR) is 127 cm³/mol. The number of fused-ring (bicyclic) bond motifs is 1. The molecule has 1 amide bonds. The Hall–Kier alpha value is -2.84. The second kappa shape index (κ2) is 8.96.